The molecule has 3 rings (SSSR count). The molecule has 2 aliphatic carbocycles. The summed E-state index contributed by atoms with van der Waals surface area (Å²) in [7, 11) is 1.66. The molecule has 10 heteroatoms. The summed E-state index contributed by atoms with van der Waals surface area (Å²) in [5.41, 5.74) is 9.49. The number of hydrogen-bond acceptors (Lipinski definition) is 8. The minimum absolute atomic E-state index is 0.000386. The summed E-state index contributed by atoms with van der Waals surface area (Å²) in [6, 6.07) is 3.91. The fourth-order valence-corrected chi connectivity index (χ4v) is 5.40. The summed E-state index contributed by atoms with van der Waals surface area (Å²) in [6.45, 7) is 15.6. The average Bonchev–Trinajstić information content (AvgIpc) is 2.86. The number of hydrogen-bond donors (Lipinski definition) is 3. The number of aliphatic imine (C=N–C) groups is 2. The molecule has 2 aliphatic rings. The molecule has 0 aliphatic heterocycles. The van der Waals surface area contributed by atoms with Gasteiger partial charge in [-0.2, -0.15) is 0 Å². The van der Waals surface area contributed by atoms with Crippen molar-refractivity contribution in [2.75, 3.05) is 25.5 Å². The largest absolute Gasteiger partial charge is 0.488 e. The first kappa shape index (κ1) is 31.0. The third-order valence-electron chi connectivity index (χ3n) is 7.12. The van der Waals surface area contributed by atoms with Crippen molar-refractivity contribution in [2.24, 2.45) is 21.1 Å². The van der Waals surface area contributed by atoms with Gasteiger partial charge in [-0.1, -0.05) is 13.8 Å². The number of nitrogens with one attached hydrogen (secondary N) is 2. The lowest BCUT2D eigenvalue weighted by atomic mass is 9.70. The fraction of sp³-hybridized carbons (Fsp3) is 0.600. The molecule has 1 aromatic carbocycles. The molecule has 1 amide bonds. The number of carbonyl (C=O) groups excluding carboxylic acids is 2. The van der Waals surface area contributed by atoms with Crippen LogP contribution >= 0.6 is 0 Å². The number of amides is 1. The van der Waals surface area contributed by atoms with Gasteiger partial charge in [-0.25, -0.2) is 4.79 Å². The van der Waals surface area contributed by atoms with E-state index in [2.05, 4.69) is 41.2 Å². The van der Waals surface area contributed by atoms with Crippen LogP contribution in [0.15, 0.2) is 27.7 Å². The van der Waals surface area contributed by atoms with E-state index >= 15 is 0 Å². The van der Waals surface area contributed by atoms with Crippen LogP contribution in [0, 0.1) is 5.41 Å². The quantitative estimate of drug-likeness (QED) is 0.225. The van der Waals surface area contributed by atoms with Crippen molar-refractivity contribution in [1.29, 1.82) is 0 Å². The predicted octanol–water partition coefficient (Wildman–Crippen LogP) is 4.86. The second-order valence-electron chi connectivity index (χ2n) is 11.9. The topological polar surface area (TPSA) is 137 Å². The van der Waals surface area contributed by atoms with Gasteiger partial charge in [-0.15, -0.1) is 0 Å². The van der Waals surface area contributed by atoms with Crippen LogP contribution in [-0.4, -0.2) is 62.6 Å². The lowest BCUT2D eigenvalue weighted by Gasteiger charge is -2.37. The Morgan fingerprint density at radius 2 is 1.85 bits per heavy atom. The summed E-state index contributed by atoms with van der Waals surface area (Å²) >= 11 is 0. The Labute approximate surface area is 237 Å². The molecule has 0 saturated heterocycles. The summed E-state index contributed by atoms with van der Waals surface area (Å²) in [6.07, 6.45) is 3.29. The van der Waals surface area contributed by atoms with Crippen molar-refractivity contribution in [3.8, 4) is 5.75 Å². The van der Waals surface area contributed by atoms with Gasteiger partial charge in [0.15, 0.2) is 0 Å². The van der Waals surface area contributed by atoms with Crippen LogP contribution in [0.5, 0.6) is 5.75 Å². The number of nitrogens with zero attached hydrogens (tertiary/aromatic N) is 2. The third-order valence-corrected chi connectivity index (χ3v) is 7.12. The second kappa shape index (κ2) is 12.7. The van der Waals surface area contributed by atoms with Crippen molar-refractivity contribution in [2.45, 2.75) is 91.4 Å². The van der Waals surface area contributed by atoms with Crippen LogP contribution in [0.1, 0.15) is 78.4 Å². The molecule has 4 N–H and O–H groups in total. The number of ether oxygens (including phenoxy) is 3. The zero-order valence-electron chi connectivity index (χ0n) is 25.0. The molecule has 1 fully saturated rings. The van der Waals surface area contributed by atoms with E-state index in [1.807, 2.05) is 32.9 Å². The average molecular weight is 556 g/mol. The molecule has 0 aromatic heterocycles. The van der Waals surface area contributed by atoms with E-state index in [4.69, 9.17) is 19.9 Å². The minimum atomic E-state index is -0.537. The van der Waals surface area contributed by atoms with E-state index < -0.39 is 17.1 Å². The van der Waals surface area contributed by atoms with Gasteiger partial charge < -0.3 is 30.6 Å². The summed E-state index contributed by atoms with van der Waals surface area (Å²) in [4.78, 5) is 33.1. The number of nitrogens with two attached hydrogens (primary N) is 1. The molecule has 1 saturated carbocycles. The highest BCUT2D eigenvalue weighted by Crippen LogP contribution is 2.48. The van der Waals surface area contributed by atoms with Gasteiger partial charge in [0.05, 0.1) is 24.1 Å². The number of anilines is 1. The van der Waals surface area contributed by atoms with Gasteiger partial charge in [-0.05, 0) is 89.6 Å². The minimum Gasteiger partial charge on any atom is -0.488 e. The monoisotopic (exact) mass is 555 g/mol. The molecule has 0 radical (unpaired) electrons. The molecule has 10 nitrogen and oxygen atoms in total. The Morgan fingerprint density at radius 3 is 2.42 bits per heavy atom. The van der Waals surface area contributed by atoms with Crippen LogP contribution in [0.3, 0.4) is 0 Å². The Balaban J connectivity index is 1.88. The summed E-state index contributed by atoms with van der Waals surface area (Å²) < 4.78 is 17.1. The first-order valence-electron chi connectivity index (χ1n) is 14.0. The number of esters is 1. The highest BCUT2D eigenvalue weighted by molar-refractivity contribution is 6.06. The summed E-state index contributed by atoms with van der Waals surface area (Å²) in [5.74, 6) is 0.734. The van der Waals surface area contributed by atoms with Crippen molar-refractivity contribution < 1.29 is 23.8 Å². The van der Waals surface area contributed by atoms with Gasteiger partial charge in [0, 0.05) is 24.2 Å². The number of amidine groups is 1. The maximum atomic E-state index is 12.3. The lowest BCUT2D eigenvalue weighted by Crippen LogP contribution is -2.42. The van der Waals surface area contributed by atoms with E-state index in [1.54, 1.807) is 14.0 Å². The number of carbonyl (C=O) groups is 2. The van der Waals surface area contributed by atoms with Crippen LogP contribution in [-0.2, 0) is 20.7 Å². The normalized spacial score (nSPS) is 20.7. The first-order chi connectivity index (χ1) is 18.8. The molecule has 0 bridgehead atoms. The van der Waals surface area contributed by atoms with Gasteiger partial charge in [-0.3, -0.25) is 14.8 Å². The molecule has 0 atom stereocenters. The maximum Gasteiger partial charge on any atom is 0.407 e. The van der Waals surface area contributed by atoms with Crippen LogP contribution in [0.25, 0.3) is 5.70 Å². The molecular weight excluding hydrogens is 510 g/mol. The second-order valence-corrected chi connectivity index (χ2v) is 11.9. The SMILES string of the molecule is C=NC1=C(C(N)=NC)C(C)(C)Cc2c1ccc(OC1CCC(NC(=O)OC(C)(C)C)CC1)c2NCC(=O)OCC. The predicted molar refractivity (Wildman–Crippen MR) is 159 cm³/mol. The molecule has 0 heterocycles. The third kappa shape index (κ3) is 7.55. The number of rotatable bonds is 9. The highest BCUT2D eigenvalue weighted by atomic mass is 16.6. The van der Waals surface area contributed by atoms with Crippen molar-refractivity contribution in [3.05, 3.63) is 28.8 Å². The number of alkyl carbamates (subject to hydrolysis) is 1. The zero-order valence-corrected chi connectivity index (χ0v) is 25.0. The van der Waals surface area contributed by atoms with Crippen LogP contribution in [0.4, 0.5) is 10.5 Å². The van der Waals surface area contributed by atoms with Gasteiger partial charge >= 0.3 is 12.1 Å². The van der Waals surface area contributed by atoms with E-state index in [-0.39, 0.29) is 24.7 Å². The number of benzene rings is 1. The molecule has 220 valence electrons. The zero-order chi connectivity index (χ0) is 29.7. The highest BCUT2D eigenvalue weighted by Gasteiger charge is 2.37. The van der Waals surface area contributed by atoms with Gasteiger partial charge in [0.1, 0.15) is 23.7 Å². The first-order valence-corrected chi connectivity index (χ1v) is 14.0. The Kier molecular flexibility index (Phi) is 9.87. The van der Waals surface area contributed by atoms with Gasteiger partial charge in [0.25, 0.3) is 0 Å². The molecule has 0 spiro atoms. The maximum absolute atomic E-state index is 12.3. The smallest absolute Gasteiger partial charge is 0.407 e. The lowest BCUT2D eigenvalue weighted by molar-refractivity contribution is -0.140. The fourth-order valence-electron chi connectivity index (χ4n) is 5.40. The molecule has 1 aromatic rings. The van der Waals surface area contributed by atoms with E-state index in [1.165, 1.54) is 0 Å². The van der Waals surface area contributed by atoms with Crippen molar-refractivity contribution in [1.82, 2.24) is 5.32 Å². The van der Waals surface area contributed by atoms with Crippen molar-refractivity contribution >= 4 is 36.0 Å². The van der Waals surface area contributed by atoms with Crippen LogP contribution in [0.2, 0.25) is 0 Å². The molecule has 40 heavy (non-hydrogen) atoms. The number of fused-ring (bicyclic) bond motifs is 1. The molecular formula is C30H45N5O5. The Hall–Kier alpha value is -3.56. The summed E-state index contributed by atoms with van der Waals surface area (Å²) in [5, 5.41) is 6.27. The van der Waals surface area contributed by atoms with E-state index in [0.717, 1.165) is 48.1 Å². The molecule has 0 unspecified atom stereocenters. The Morgan fingerprint density at radius 1 is 1.18 bits per heavy atom. The van der Waals surface area contributed by atoms with Gasteiger partial charge in [0.2, 0.25) is 0 Å². The Bertz CT molecular complexity index is 1170. The van der Waals surface area contributed by atoms with E-state index in [0.29, 0.717) is 30.3 Å². The van der Waals surface area contributed by atoms with E-state index in [9.17, 15) is 9.59 Å². The standard InChI is InChI=1S/C30H45N5O5/c1-9-38-23(36)17-34-25-21-16-30(5,6)24(27(31)33-8)26(32-7)20(21)14-15-22(25)39-19-12-10-18(11-13-19)35-28(37)40-29(2,3)4/h14-15,18-19,34H,7,9-13,16-17H2,1-6,8H3,(H2,31,33)(H,35,37). The van der Waals surface area contributed by atoms with Crippen molar-refractivity contribution in [3.63, 3.8) is 0 Å². The van der Waals surface area contributed by atoms with Crippen LogP contribution < -0.4 is 21.1 Å².